The molecule has 0 fully saturated rings. The molecule has 0 aliphatic carbocycles. The van der Waals surface area contributed by atoms with Gasteiger partial charge in [0.1, 0.15) is 5.58 Å². The monoisotopic (exact) mass is 1040 g/mol. The molecule has 0 unspecified atom stereocenters. The van der Waals surface area contributed by atoms with Gasteiger partial charge in [-0.15, -0.1) is 90.0 Å². The predicted molar refractivity (Wildman–Crippen MR) is 263 cm³/mol. The molecule has 4 aromatic heterocycles. The predicted octanol–water partition coefficient (Wildman–Crippen LogP) is 14.3. The molecule has 5 nitrogen and oxygen atoms in total. The van der Waals surface area contributed by atoms with Crippen LogP contribution in [0.1, 0.15) is 103 Å². The van der Waals surface area contributed by atoms with E-state index >= 15 is 0 Å². The van der Waals surface area contributed by atoms with Crippen molar-refractivity contribution in [3.8, 4) is 39.8 Å². The molecule has 0 spiro atoms. The summed E-state index contributed by atoms with van der Waals surface area (Å²) in [6.45, 7) is 17.3. The van der Waals surface area contributed by atoms with Crippen LogP contribution in [-0.4, -0.2) is 15.0 Å². The number of fused-ring (bicyclic) bond motifs is 3. The summed E-state index contributed by atoms with van der Waals surface area (Å²) in [4.78, 5) is 14.4. The van der Waals surface area contributed by atoms with E-state index in [1.54, 1.807) is 24.3 Å². The Balaban J connectivity index is 0.00000693. The second-order valence-corrected chi connectivity index (χ2v) is 18.7. The fraction of sp³-hybridized carbons (Fsp3) is 0.233. The van der Waals surface area contributed by atoms with Crippen LogP contribution in [0.15, 0.2) is 156 Å². The van der Waals surface area contributed by atoms with E-state index in [0.717, 1.165) is 44.8 Å². The van der Waals surface area contributed by atoms with E-state index in [2.05, 4.69) is 96.8 Å². The Bertz CT molecular complexity index is 3370. The third kappa shape index (κ3) is 8.43. The Labute approximate surface area is 411 Å². The zero-order valence-electron chi connectivity index (χ0n) is 44.3. The summed E-state index contributed by atoms with van der Waals surface area (Å²) in [5.74, 6) is 0. The van der Waals surface area contributed by atoms with E-state index in [-0.39, 0.29) is 54.5 Å². The topological polar surface area (TPSA) is 75.6 Å². The van der Waals surface area contributed by atoms with Crippen LogP contribution in [0, 0.1) is 29.5 Å². The zero-order chi connectivity index (χ0) is 50.9. The first kappa shape index (κ1) is 38.7. The Hall–Kier alpha value is -6.51. The van der Waals surface area contributed by atoms with Gasteiger partial charge >= 0.3 is 20.1 Å². The Kier molecular flexibility index (Phi) is 10.6. The number of furan rings is 1. The third-order valence-electron chi connectivity index (χ3n) is 14.2. The van der Waals surface area contributed by atoms with Crippen molar-refractivity contribution in [3.05, 3.63) is 209 Å². The molecule has 0 saturated heterocycles. The summed E-state index contributed by atoms with van der Waals surface area (Å²) in [7, 11) is 0. The number of aromatic nitrogens is 3. The summed E-state index contributed by atoms with van der Waals surface area (Å²) < 4.78 is 62.1. The molecule has 0 atom stereocenters. The molecule has 0 saturated carbocycles. The number of aryl methyl sites for hydroxylation is 2. The molecule has 9 rings (SSSR count). The van der Waals surface area contributed by atoms with Crippen molar-refractivity contribution < 1.29 is 32.7 Å². The first-order valence-corrected chi connectivity index (χ1v) is 21.8. The number of nitriles is 1. The first-order chi connectivity index (χ1) is 33.5. The van der Waals surface area contributed by atoms with Crippen molar-refractivity contribution in [1.29, 1.82) is 5.26 Å². The van der Waals surface area contributed by atoms with E-state index < -0.39 is 34.4 Å². The van der Waals surface area contributed by atoms with Gasteiger partial charge in [0.05, 0.1) is 20.0 Å². The van der Waals surface area contributed by atoms with Gasteiger partial charge in [0.15, 0.2) is 0 Å². The van der Waals surface area contributed by atoms with E-state index in [1.807, 2.05) is 91.3 Å². The van der Waals surface area contributed by atoms with Crippen LogP contribution < -0.4 is 0 Å². The third-order valence-corrected chi connectivity index (χ3v) is 14.2. The minimum absolute atomic E-state index is 0. The Morgan fingerprint density at radius 3 is 1.62 bits per heavy atom. The summed E-state index contributed by atoms with van der Waals surface area (Å²) in [5.41, 5.74) is 6.12. The molecule has 6 heteroatoms. The minimum Gasteiger partial charge on any atom is -0.501 e. The summed E-state index contributed by atoms with van der Waals surface area (Å²) >= 11 is 0. The van der Waals surface area contributed by atoms with Gasteiger partial charge in [0.2, 0.25) is 0 Å². The standard InChI is InChI=1S/C60H53N4O.Ir/c1-57(2,45-26-30-52(63-38-45)43-16-11-9-12-17-43)59(5,6)47-32-41(33-48(35-47)60(7,8)58(3,4)46-27-31-53(64-39-46)44-18-13-10-14-19-44)23-22-40-25-29-54(62-37-40)51-21-15-20-50-49-28-24-42(36-61)34-55(49)65-56(50)51;/h9-16,18,20,24-35,37-39H,22-23H2,1-8H3;/q-3;+3/i22D2,23D2,24D,34D;. The minimum atomic E-state index is -2.59. The van der Waals surface area contributed by atoms with Crippen LogP contribution >= 0.6 is 0 Å². The van der Waals surface area contributed by atoms with Gasteiger partial charge in [-0.25, -0.2) is 0 Å². The van der Waals surface area contributed by atoms with Crippen molar-refractivity contribution in [2.45, 2.75) is 89.8 Å². The fourth-order valence-corrected chi connectivity index (χ4v) is 8.44. The molecule has 4 heterocycles. The van der Waals surface area contributed by atoms with E-state index in [9.17, 15) is 10.7 Å². The number of nitrogens with zero attached hydrogens (tertiary/aromatic N) is 4. The van der Waals surface area contributed by atoms with Gasteiger partial charge in [-0.1, -0.05) is 127 Å². The average Bonchev–Trinajstić information content (AvgIpc) is 3.75. The molecule has 0 radical (unpaired) electrons. The SMILES string of the molecule is [2H]c1cc2c(oc3c(-c4ccc(C([2H])([2H])C([2H])([2H])c5cc(C(C)(C)C(C)(C)c6ccc(-c7[c-]cccc7)nc6)cc(C(C)(C)C(C)(C)c6ccc(-c7[c-]cccc7)nc6)c5)cn4)[c-]ccc32)c([2H])c1C#N.[Ir+3]. The maximum absolute atomic E-state index is 9.88. The molecular weight excluding hydrogens is 985 g/mol. The molecule has 0 N–H and O–H groups in total. The van der Waals surface area contributed by atoms with Crippen LogP contribution in [0.5, 0.6) is 0 Å². The first-order valence-electron chi connectivity index (χ1n) is 24.8. The molecule has 0 bridgehead atoms. The quantitative estimate of drug-likeness (QED) is 0.114. The number of benzene rings is 5. The Morgan fingerprint density at radius 1 is 0.576 bits per heavy atom. The van der Waals surface area contributed by atoms with Gasteiger partial charge in [-0.05, 0) is 86.1 Å². The largest absolute Gasteiger partial charge is 3.00 e. The maximum atomic E-state index is 9.88. The van der Waals surface area contributed by atoms with E-state index in [0.29, 0.717) is 27.6 Å². The van der Waals surface area contributed by atoms with Crippen molar-refractivity contribution in [2.24, 2.45) is 0 Å². The number of pyridine rings is 3. The molecule has 0 aliphatic rings. The molecule has 9 aromatic rings. The summed E-state index contributed by atoms with van der Waals surface area (Å²) in [5, 5.41) is 10.7. The van der Waals surface area contributed by atoms with Crippen molar-refractivity contribution in [3.63, 3.8) is 0 Å². The zero-order valence-corrected chi connectivity index (χ0v) is 40.7. The van der Waals surface area contributed by atoms with Crippen molar-refractivity contribution in [2.75, 3.05) is 0 Å². The normalized spacial score (nSPS) is 14.0. The van der Waals surface area contributed by atoms with Gasteiger partial charge in [0.25, 0.3) is 0 Å². The van der Waals surface area contributed by atoms with Gasteiger partial charge in [0, 0.05) is 40.3 Å². The summed E-state index contributed by atoms with van der Waals surface area (Å²) in [6.07, 6.45) is -0.0133. The number of hydrogen-bond donors (Lipinski definition) is 0. The van der Waals surface area contributed by atoms with Crippen molar-refractivity contribution >= 4 is 21.9 Å². The second-order valence-electron chi connectivity index (χ2n) is 18.7. The van der Waals surface area contributed by atoms with Crippen LogP contribution in [0.3, 0.4) is 0 Å². The Morgan fingerprint density at radius 2 is 1.12 bits per heavy atom. The average molecular weight is 1040 g/mol. The molecule has 0 amide bonds. The van der Waals surface area contributed by atoms with Gasteiger partial charge < -0.3 is 19.4 Å². The number of rotatable bonds is 12. The fourth-order valence-electron chi connectivity index (χ4n) is 8.44. The molecular formula is C60H53IrN4O. The molecule has 0 aliphatic heterocycles. The van der Waals surface area contributed by atoms with Crippen LogP contribution in [0.2, 0.25) is 0 Å². The summed E-state index contributed by atoms with van der Waals surface area (Å²) in [6, 6.07) is 49.0. The van der Waals surface area contributed by atoms with Crippen LogP contribution in [-0.2, 0) is 54.5 Å². The molecule has 66 heavy (non-hydrogen) atoms. The van der Waals surface area contributed by atoms with Crippen LogP contribution in [0.25, 0.3) is 55.7 Å². The molecule has 328 valence electrons. The van der Waals surface area contributed by atoms with Gasteiger partial charge in [-0.3, -0.25) is 0 Å². The van der Waals surface area contributed by atoms with Crippen molar-refractivity contribution in [1.82, 2.24) is 15.0 Å². The van der Waals surface area contributed by atoms with Crippen LogP contribution in [0.4, 0.5) is 0 Å². The maximum Gasteiger partial charge on any atom is 3.00 e. The number of hydrogen-bond acceptors (Lipinski definition) is 5. The van der Waals surface area contributed by atoms with E-state index in [1.165, 1.54) is 12.3 Å². The molecule has 5 aromatic carbocycles. The smallest absolute Gasteiger partial charge is 0.501 e. The van der Waals surface area contributed by atoms with E-state index in [4.69, 9.17) is 17.1 Å². The van der Waals surface area contributed by atoms with Gasteiger partial charge in [-0.2, -0.15) is 5.26 Å². The second kappa shape index (κ2) is 18.0.